The normalized spacial score (nSPS) is 17.7. The van der Waals surface area contributed by atoms with Crippen LogP contribution in [0.4, 0.5) is 35.9 Å². The molecule has 0 atom stereocenters. The van der Waals surface area contributed by atoms with Crippen molar-refractivity contribution in [3.05, 3.63) is 0 Å². The van der Waals surface area contributed by atoms with Gasteiger partial charge < -0.3 is 46.1 Å². The highest BCUT2D eigenvalue weighted by molar-refractivity contribution is 14.2. The fourth-order valence-electron chi connectivity index (χ4n) is 5.61. The molecule has 2 amide bonds. The van der Waals surface area contributed by atoms with E-state index in [9.17, 15) is 44.3 Å². The average molecular weight is 1240 g/mol. The quantitative estimate of drug-likeness (QED) is 0.0486. The Hall–Kier alpha value is -0.420. The summed E-state index contributed by atoms with van der Waals surface area (Å²) >= 11 is 4.73. The number of nitrogens with zero attached hydrogens (tertiary/aromatic N) is 2. The molecule has 0 spiro atoms. The minimum Gasteiger partial charge on any atom is -0.444 e. The molecule has 0 saturated carbocycles. The molecule has 400 valence electrons. The molecular formula is C42H85ClF6I2N6O8S. The van der Waals surface area contributed by atoms with E-state index in [1.54, 1.807) is 27.7 Å². The van der Waals surface area contributed by atoms with E-state index in [4.69, 9.17) is 20.3 Å². The summed E-state index contributed by atoms with van der Waals surface area (Å²) in [6, 6.07) is 0.740. The van der Waals surface area contributed by atoms with Gasteiger partial charge in [-0.3, -0.25) is 4.18 Å². The minimum absolute atomic E-state index is 0. The van der Waals surface area contributed by atoms with Gasteiger partial charge in [-0.1, -0.05) is 45.2 Å². The summed E-state index contributed by atoms with van der Waals surface area (Å²) in [6.45, 7) is 29.0. The third kappa shape index (κ3) is 48.6. The largest absolute Gasteiger partial charge is 0.523 e. The van der Waals surface area contributed by atoms with Gasteiger partial charge in [-0.05, 0) is 162 Å². The molecule has 3 aliphatic rings. The highest BCUT2D eigenvalue weighted by Gasteiger charge is 2.48. The number of halogens is 9. The minimum atomic E-state index is -5.67. The smallest absolute Gasteiger partial charge is 0.444 e. The molecule has 3 rings (SSSR count). The van der Waals surface area contributed by atoms with E-state index < -0.39 is 50.4 Å². The summed E-state index contributed by atoms with van der Waals surface area (Å²) < 4.78 is 109. The van der Waals surface area contributed by atoms with Crippen LogP contribution in [0.1, 0.15) is 135 Å². The van der Waals surface area contributed by atoms with Gasteiger partial charge in [0.1, 0.15) is 34.8 Å². The Balaban J connectivity index is -0.000000373. The second-order valence-electron chi connectivity index (χ2n) is 20.1. The number of likely N-dealkylation sites (tertiary alicyclic amines) is 2. The van der Waals surface area contributed by atoms with E-state index in [-0.39, 0.29) is 36.7 Å². The zero-order valence-corrected chi connectivity index (χ0v) is 47.9. The highest BCUT2D eigenvalue weighted by atomic mass is 127. The molecule has 66 heavy (non-hydrogen) atoms. The highest BCUT2D eigenvalue weighted by Crippen LogP contribution is 2.26. The Morgan fingerprint density at radius 2 is 0.939 bits per heavy atom. The standard InChI is InChI=1S/C14H27FN2O2.C10H20N2O2.C9H19FN2.C5H8F4O3S.C3H6I2.CH4O.ClH/c1-13(2,3)19-12(18)16-11-6-8-17(9-7-11)10-14(4,5)15;1-10(2,3)14-9(13)12-8-4-6-11-7-5-8;1-9(2,10)7-12-5-3-8(11)4-6-12;1-4(2,6)3-12-13(10,11)5(7,8)9;1-3(2,4)5;1-2;/h11H,6-10H2,1-5H3,(H,16,18);8,11H,4-7H2,1-3H3,(H,12,13);8H,3-7,11H2,1-2H3;3H2,1-2H3;1-2H3;2H,1H3;1H. The van der Waals surface area contributed by atoms with Crippen LogP contribution in [0.3, 0.4) is 0 Å². The molecule has 0 bridgehead atoms. The molecule has 24 heteroatoms. The van der Waals surface area contributed by atoms with Crippen LogP contribution in [0.15, 0.2) is 0 Å². The van der Waals surface area contributed by atoms with Gasteiger partial charge in [0, 0.05) is 51.4 Å². The van der Waals surface area contributed by atoms with E-state index in [1.807, 2.05) is 41.5 Å². The monoisotopic (exact) mass is 1240 g/mol. The first kappa shape index (κ1) is 72.1. The molecule has 3 heterocycles. The van der Waals surface area contributed by atoms with Crippen LogP contribution in [0, 0.1) is 0 Å². The van der Waals surface area contributed by atoms with Crippen molar-refractivity contribution in [2.24, 2.45) is 5.73 Å². The average Bonchev–Trinajstić information content (AvgIpc) is 3.07. The van der Waals surface area contributed by atoms with Crippen LogP contribution in [0.5, 0.6) is 0 Å². The van der Waals surface area contributed by atoms with Crippen LogP contribution >= 0.6 is 57.6 Å². The lowest BCUT2D eigenvalue weighted by atomic mass is 10.0. The number of alkyl carbamates (subject to hydrolysis) is 2. The topological polar surface area (TPSA) is 185 Å². The predicted octanol–water partition coefficient (Wildman–Crippen LogP) is 9.37. The molecule has 6 N–H and O–H groups in total. The Morgan fingerprint density at radius 3 is 1.21 bits per heavy atom. The molecule has 14 nitrogen and oxygen atoms in total. The lowest BCUT2D eigenvalue weighted by Gasteiger charge is -2.35. The van der Waals surface area contributed by atoms with Crippen LogP contribution in [0.2, 0.25) is 0 Å². The van der Waals surface area contributed by atoms with Gasteiger partial charge in [-0.15, -0.1) is 12.4 Å². The maximum atomic E-state index is 13.5. The summed E-state index contributed by atoms with van der Waals surface area (Å²) in [4.78, 5) is 27.3. The molecule has 0 unspecified atom stereocenters. The van der Waals surface area contributed by atoms with Gasteiger partial charge in [-0.25, -0.2) is 22.8 Å². The number of carbonyl (C=O) groups excluding carboxylic acids is 2. The number of aliphatic hydroxyl groups excluding tert-OH is 1. The second-order valence-corrected chi connectivity index (χ2v) is 29.2. The summed E-state index contributed by atoms with van der Waals surface area (Å²) in [5.41, 5.74) is -4.99. The van der Waals surface area contributed by atoms with Crippen LogP contribution < -0.4 is 21.7 Å². The van der Waals surface area contributed by atoms with Gasteiger partial charge in [0.05, 0.1) is 1.43 Å². The first-order chi connectivity index (χ1) is 29.0. The fraction of sp³-hybridized carbons (Fsp3) is 0.952. The van der Waals surface area contributed by atoms with Crippen molar-refractivity contribution in [1.82, 2.24) is 25.8 Å². The Morgan fingerprint density at radius 1 is 0.636 bits per heavy atom. The van der Waals surface area contributed by atoms with Crippen LogP contribution in [-0.2, 0) is 23.8 Å². The van der Waals surface area contributed by atoms with Crippen molar-refractivity contribution >= 4 is 79.9 Å². The number of hydrogen-bond donors (Lipinski definition) is 5. The summed E-state index contributed by atoms with van der Waals surface area (Å²) in [6.07, 6.45) is 5.01. The number of amides is 2. The zero-order valence-electron chi connectivity index (χ0n) is 42.0. The van der Waals surface area contributed by atoms with Gasteiger partial charge in [0.15, 0.2) is 0 Å². The number of alkyl halides is 8. The molecule has 0 aromatic heterocycles. The number of nitrogens with one attached hydrogen (secondary N) is 3. The van der Waals surface area contributed by atoms with Crippen molar-refractivity contribution in [3.8, 4) is 0 Å². The van der Waals surface area contributed by atoms with Gasteiger partial charge in [0.2, 0.25) is 0 Å². The molecule has 0 aromatic rings. The molecule has 0 aliphatic carbocycles. The van der Waals surface area contributed by atoms with E-state index in [1.165, 1.54) is 0 Å². The van der Waals surface area contributed by atoms with Crippen LogP contribution in [0.25, 0.3) is 0 Å². The molecule has 0 radical (unpaired) electrons. The number of ether oxygens (including phenoxy) is 2. The SMILES string of the molecule is CC(C)(C)OC(=O)NC1CCNCC1.CC(C)(F)CN1CCC(N)CC1.CC(C)(F)CN1CCC(NC(=O)OC(C)(C)C)CC1.CC(C)(F)COS(=O)(=O)C(F)(F)F.CC(C)(I)I.CO.Cl. The number of nitrogens with two attached hydrogens (primary N) is 1. The lowest BCUT2D eigenvalue weighted by Crippen LogP contribution is -2.48. The van der Waals surface area contributed by atoms with E-state index >= 15 is 0 Å². The van der Waals surface area contributed by atoms with E-state index in [2.05, 4.69) is 89.0 Å². The first-order valence-electron chi connectivity index (χ1n) is 21.7. The maximum absolute atomic E-state index is 13.5. The molecule has 3 aliphatic heterocycles. The van der Waals surface area contributed by atoms with Gasteiger partial charge in [0.25, 0.3) is 0 Å². The summed E-state index contributed by atoms with van der Waals surface area (Å²) in [5.74, 6) is 0. The van der Waals surface area contributed by atoms with Crippen LogP contribution in [-0.4, -0.2) is 155 Å². The Kier molecular flexibility index (Phi) is 35.6. The summed E-state index contributed by atoms with van der Waals surface area (Å²) in [5, 5.41) is 16.0. The number of carbonyl (C=O) groups is 2. The third-order valence-corrected chi connectivity index (χ3v) is 9.04. The number of piperidine rings is 3. The number of hydrogen-bond acceptors (Lipinski definition) is 12. The fourth-order valence-corrected chi connectivity index (χ4v) is 6.18. The van der Waals surface area contributed by atoms with Gasteiger partial charge >= 0.3 is 27.8 Å². The first-order valence-corrected chi connectivity index (χ1v) is 25.3. The van der Waals surface area contributed by atoms with E-state index in [0.717, 1.165) is 98.8 Å². The third-order valence-electron chi connectivity index (χ3n) is 8.04. The van der Waals surface area contributed by atoms with Crippen molar-refractivity contribution in [1.29, 1.82) is 0 Å². The molecule has 0 aromatic carbocycles. The van der Waals surface area contributed by atoms with Gasteiger partial charge in [-0.2, -0.15) is 21.6 Å². The molecule has 3 fully saturated rings. The van der Waals surface area contributed by atoms with E-state index in [0.29, 0.717) is 20.6 Å². The van der Waals surface area contributed by atoms with Crippen molar-refractivity contribution < 1.29 is 63.1 Å². The zero-order chi connectivity index (χ0) is 51.9. The Bertz CT molecular complexity index is 1400. The molecular weight excluding hydrogens is 1150 g/mol. The Labute approximate surface area is 426 Å². The lowest BCUT2D eigenvalue weighted by molar-refractivity contribution is -0.0567. The number of aliphatic hydroxyl groups is 1. The van der Waals surface area contributed by atoms with Crippen molar-refractivity contribution in [2.75, 3.05) is 66.1 Å². The molecule has 3 saturated heterocycles. The van der Waals surface area contributed by atoms with Crippen molar-refractivity contribution in [2.45, 2.75) is 189 Å². The number of rotatable bonds is 9. The summed E-state index contributed by atoms with van der Waals surface area (Å²) in [7, 11) is -4.67. The predicted molar refractivity (Wildman–Crippen MR) is 272 cm³/mol. The second kappa shape index (κ2) is 32.5. The van der Waals surface area contributed by atoms with Crippen molar-refractivity contribution in [3.63, 3.8) is 0 Å². The maximum Gasteiger partial charge on any atom is 0.523 e.